The highest BCUT2D eigenvalue weighted by Gasteiger charge is 2.03. The van der Waals surface area contributed by atoms with Crippen molar-refractivity contribution < 1.29 is 0 Å². The summed E-state index contributed by atoms with van der Waals surface area (Å²) in [7, 11) is 0. The van der Waals surface area contributed by atoms with Crippen LogP contribution in [0.15, 0.2) is 58.1 Å². The van der Waals surface area contributed by atoms with Crippen molar-refractivity contribution in [3.8, 4) is 0 Å². The minimum atomic E-state index is 0.384. The number of anilines is 1. The highest BCUT2D eigenvalue weighted by molar-refractivity contribution is 9.10. The van der Waals surface area contributed by atoms with Gasteiger partial charge in [-0.05, 0) is 37.3 Å². The van der Waals surface area contributed by atoms with Crippen LogP contribution in [0.1, 0.15) is 12.5 Å². The Morgan fingerprint density at radius 2 is 1.81 bits per heavy atom. The number of hydrogen-bond acceptors (Lipinski definition) is 2. The maximum absolute atomic E-state index is 6.06. The molecule has 0 bridgehead atoms. The van der Waals surface area contributed by atoms with Crippen LogP contribution in [0.5, 0.6) is 0 Å². The first-order chi connectivity index (χ1) is 10.1. The minimum absolute atomic E-state index is 0.384. The van der Waals surface area contributed by atoms with Crippen LogP contribution < -0.4 is 10.7 Å². The van der Waals surface area contributed by atoms with Gasteiger partial charge in [0.2, 0.25) is 0 Å². The van der Waals surface area contributed by atoms with Crippen molar-refractivity contribution in [2.24, 2.45) is 5.10 Å². The summed E-state index contributed by atoms with van der Waals surface area (Å²) in [5.41, 5.74) is 5.38. The first kappa shape index (κ1) is 15.9. The molecule has 2 N–H and O–H groups in total. The molecule has 0 spiro atoms. The Labute approximate surface area is 142 Å². The summed E-state index contributed by atoms with van der Waals surface area (Å²) in [6, 6.07) is 15.2. The molecule has 0 saturated carbocycles. The summed E-state index contributed by atoms with van der Waals surface area (Å²) in [6.45, 7) is 1.91. The van der Waals surface area contributed by atoms with Gasteiger partial charge in [0, 0.05) is 10.0 Å². The smallest absolute Gasteiger partial charge is 0.191 e. The second-order valence-corrected chi connectivity index (χ2v) is 5.89. The molecule has 108 valence electrons. The molecule has 6 heteroatoms. The van der Waals surface area contributed by atoms with E-state index < -0.39 is 0 Å². The predicted molar refractivity (Wildman–Crippen MR) is 97.2 cm³/mol. The Hall–Kier alpha value is -1.43. The topological polar surface area (TPSA) is 36.4 Å². The van der Waals surface area contributed by atoms with Gasteiger partial charge in [0.25, 0.3) is 0 Å². The van der Waals surface area contributed by atoms with E-state index in [9.17, 15) is 0 Å². The average molecular weight is 383 g/mol. The van der Waals surface area contributed by atoms with Gasteiger partial charge in [0.1, 0.15) is 0 Å². The van der Waals surface area contributed by atoms with E-state index in [1.165, 1.54) is 0 Å². The van der Waals surface area contributed by atoms with Gasteiger partial charge < -0.3 is 5.32 Å². The van der Waals surface area contributed by atoms with E-state index in [1.807, 2.05) is 49.4 Å². The van der Waals surface area contributed by atoms with Gasteiger partial charge in [-0.15, -0.1) is 0 Å². The Balaban J connectivity index is 2.02. The molecule has 0 saturated heterocycles. The van der Waals surface area contributed by atoms with Crippen LogP contribution in [-0.2, 0) is 0 Å². The van der Waals surface area contributed by atoms with Crippen LogP contribution in [-0.4, -0.2) is 10.8 Å². The normalized spacial score (nSPS) is 11.1. The van der Waals surface area contributed by atoms with Gasteiger partial charge in [0.15, 0.2) is 5.11 Å². The first-order valence-electron chi connectivity index (χ1n) is 6.18. The molecule has 21 heavy (non-hydrogen) atoms. The van der Waals surface area contributed by atoms with Crippen LogP contribution in [0, 0.1) is 0 Å². The van der Waals surface area contributed by atoms with Crippen molar-refractivity contribution in [2.45, 2.75) is 6.92 Å². The fourth-order valence-electron chi connectivity index (χ4n) is 1.66. The monoisotopic (exact) mass is 381 g/mol. The van der Waals surface area contributed by atoms with Crippen molar-refractivity contribution >= 4 is 56.3 Å². The molecule has 0 aliphatic rings. The van der Waals surface area contributed by atoms with Crippen molar-refractivity contribution in [1.29, 1.82) is 0 Å². The molecule has 0 aliphatic heterocycles. The summed E-state index contributed by atoms with van der Waals surface area (Å²) in [6.07, 6.45) is 0. The van der Waals surface area contributed by atoms with Gasteiger partial charge in [-0.2, -0.15) is 5.10 Å². The number of nitrogens with one attached hydrogen (secondary N) is 2. The molecule has 0 unspecified atom stereocenters. The van der Waals surface area contributed by atoms with E-state index in [2.05, 4.69) is 31.8 Å². The molecule has 0 radical (unpaired) electrons. The van der Waals surface area contributed by atoms with Crippen molar-refractivity contribution in [2.75, 3.05) is 5.32 Å². The number of thiocarbonyl (C=S) groups is 1. The number of nitrogens with zero attached hydrogens (tertiary/aromatic N) is 1. The molecular weight excluding hydrogens is 370 g/mol. The minimum Gasteiger partial charge on any atom is -0.330 e. The second kappa shape index (κ2) is 7.54. The van der Waals surface area contributed by atoms with Crippen LogP contribution >= 0.6 is 39.7 Å². The highest BCUT2D eigenvalue weighted by atomic mass is 79.9. The summed E-state index contributed by atoms with van der Waals surface area (Å²) in [5, 5.41) is 8.26. The zero-order valence-electron chi connectivity index (χ0n) is 11.2. The number of hydrazone groups is 1. The maximum Gasteiger partial charge on any atom is 0.191 e. The zero-order valence-corrected chi connectivity index (χ0v) is 14.4. The standard InChI is InChI=1S/C15H13BrClN3S/c1-10(11-6-2-3-7-12(11)16)19-20-15(21)18-14-9-5-4-8-13(14)17/h2-9H,1H3,(H2,18,20,21)/b19-10-. The molecule has 0 aliphatic carbocycles. The lowest BCUT2D eigenvalue weighted by Crippen LogP contribution is -2.25. The molecule has 0 atom stereocenters. The Kier molecular flexibility index (Phi) is 5.73. The van der Waals surface area contributed by atoms with Crippen molar-refractivity contribution in [3.05, 3.63) is 63.6 Å². The molecule has 0 amide bonds. The summed E-state index contributed by atoms with van der Waals surface area (Å²) in [5.74, 6) is 0. The lowest BCUT2D eigenvalue weighted by atomic mass is 10.1. The quantitative estimate of drug-likeness (QED) is 0.454. The van der Waals surface area contributed by atoms with E-state index in [0.717, 1.165) is 21.4 Å². The third kappa shape index (κ3) is 4.52. The lowest BCUT2D eigenvalue weighted by Gasteiger charge is -2.09. The largest absolute Gasteiger partial charge is 0.330 e. The van der Waals surface area contributed by atoms with E-state index in [4.69, 9.17) is 23.8 Å². The van der Waals surface area contributed by atoms with E-state index in [-0.39, 0.29) is 0 Å². The van der Waals surface area contributed by atoms with Crippen LogP contribution in [0.4, 0.5) is 5.69 Å². The summed E-state index contributed by atoms with van der Waals surface area (Å²) in [4.78, 5) is 0. The van der Waals surface area contributed by atoms with Crippen LogP contribution in [0.2, 0.25) is 5.02 Å². The van der Waals surface area contributed by atoms with Gasteiger partial charge in [-0.3, -0.25) is 5.43 Å². The Bertz CT molecular complexity index is 688. The van der Waals surface area contributed by atoms with Crippen molar-refractivity contribution in [1.82, 2.24) is 5.43 Å². The molecule has 0 fully saturated rings. The molecule has 0 aromatic heterocycles. The molecule has 2 aromatic rings. The number of halogens is 2. The van der Waals surface area contributed by atoms with E-state index >= 15 is 0 Å². The molecule has 0 heterocycles. The van der Waals surface area contributed by atoms with Crippen LogP contribution in [0.25, 0.3) is 0 Å². The van der Waals surface area contributed by atoms with Crippen molar-refractivity contribution in [3.63, 3.8) is 0 Å². The highest BCUT2D eigenvalue weighted by Crippen LogP contribution is 2.20. The van der Waals surface area contributed by atoms with Gasteiger partial charge in [-0.1, -0.05) is 57.9 Å². The fraction of sp³-hybridized carbons (Fsp3) is 0.0667. The average Bonchev–Trinajstić information content (AvgIpc) is 2.48. The van der Waals surface area contributed by atoms with Crippen LogP contribution in [0.3, 0.4) is 0 Å². The maximum atomic E-state index is 6.06. The van der Waals surface area contributed by atoms with Gasteiger partial charge >= 0.3 is 0 Å². The number of benzene rings is 2. The van der Waals surface area contributed by atoms with Gasteiger partial charge in [0.05, 0.1) is 16.4 Å². The number of hydrogen-bond donors (Lipinski definition) is 2. The third-order valence-corrected chi connectivity index (χ3v) is 3.93. The Morgan fingerprint density at radius 1 is 1.14 bits per heavy atom. The Morgan fingerprint density at radius 3 is 2.52 bits per heavy atom. The predicted octanol–water partition coefficient (Wildman–Crippen LogP) is 4.81. The summed E-state index contributed by atoms with van der Waals surface area (Å²) >= 11 is 14.7. The second-order valence-electron chi connectivity index (χ2n) is 4.22. The number of para-hydroxylation sites is 1. The zero-order chi connectivity index (χ0) is 15.2. The fourth-order valence-corrected chi connectivity index (χ4v) is 2.57. The van der Waals surface area contributed by atoms with Gasteiger partial charge in [-0.25, -0.2) is 0 Å². The lowest BCUT2D eigenvalue weighted by molar-refractivity contribution is 1.04. The SMILES string of the molecule is C/C(=N/NC(=S)Nc1ccccc1Cl)c1ccccc1Br. The molecule has 2 aromatic carbocycles. The van der Waals surface area contributed by atoms with E-state index in [1.54, 1.807) is 6.07 Å². The molecular formula is C15H13BrClN3S. The van der Waals surface area contributed by atoms with E-state index in [0.29, 0.717) is 10.1 Å². The molecule has 2 rings (SSSR count). The number of rotatable bonds is 3. The molecule has 3 nitrogen and oxygen atoms in total. The summed E-state index contributed by atoms with van der Waals surface area (Å²) < 4.78 is 0.984. The first-order valence-corrected chi connectivity index (χ1v) is 7.76. The third-order valence-electron chi connectivity index (χ3n) is 2.71.